The monoisotopic (exact) mass is 292 g/mol. The number of hydrogen-bond donors (Lipinski definition) is 2. The first-order valence-corrected chi connectivity index (χ1v) is 5.63. The zero-order chi connectivity index (χ0) is 14.9. The predicted molar refractivity (Wildman–Crippen MR) is 54.3 cm³/mol. The summed E-state index contributed by atoms with van der Waals surface area (Å²) in [4.78, 5) is 11.7. The van der Waals surface area contributed by atoms with Gasteiger partial charge in [-0.3, -0.25) is 4.79 Å². The molecule has 1 rings (SSSR count). The molecule has 1 aliphatic rings. The van der Waals surface area contributed by atoms with Crippen LogP contribution in [0.1, 0.15) is 19.8 Å². The highest BCUT2D eigenvalue weighted by Crippen LogP contribution is 2.43. The van der Waals surface area contributed by atoms with E-state index in [1.54, 1.807) is 5.32 Å². The van der Waals surface area contributed by atoms with E-state index in [2.05, 4.69) is 5.32 Å². The lowest BCUT2D eigenvalue weighted by molar-refractivity contribution is -0.216. The molecule has 1 heterocycles. The Balaban J connectivity index is 2.75. The van der Waals surface area contributed by atoms with Crippen LogP contribution in [0.25, 0.3) is 0 Å². The highest BCUT2D eigenvalue weighted by Gasteiger charge is 2.61. The minimum absolute atomic E-state index is 0.000577. The second kappa shape index (κ2) is 5.18. The summed E-state index contributed by atoms with van der Waals surface area (Å²) in [6, 6.07) is -1.40. The summed E-state index contributed by atoms with van der Waals surface area (Å²) < 4.78 is 75.0. The fraction of sp³-hybridized carbons (Fsp3) is 0.900. The number of amides is 1. The Kier molecular flexibility index (Phi) is 4.38. The molecule has 2 unspecified atom stereocenters. The van der Waals surface area contributed by atoms with Gasteiger partial charge in [0.1, 0.15) is 0 Å². The molecule has 1 aliphatic heterocycles. The summed E-state index contributed by atoms with van der Waals surface area (Å²) in [6.45, 7) is 0.416. The molecule has 0 radical (unpaired) electrons. The third-order valence-corrected chi connectivity index (χ3v) is 3.05. The van der Waals surface area contributed by atoms with Crippen LogP contribution in [0.3, 0.4) is 0 Å². The van der Waals surface area contributed by atoms with Gasteiger partial charge >= 0.3 is 12.4 Å². The van der Waals surface area contributed by atoms with E-state index in [0.717, 1.165) is 6.92 Å². The number of carbonyl (C=O) groups excluding carboxylic acids is 1. The topological polar surface area (TPSA) is 41.1 Å². The highest BCUT2D eigenvalue weighted by atomic mass is 19.4. The maximum Gasteiger partial charge on any atom is 0.404 e. The van der Waals surface area contributed by atoms with Crippen molar-refractivity contribution in [3.63, 3.8) is 0 Å². The number of nitrogens with one attached hydrogen (secondary N) is 2. The largest absolute Gasteiger partial charge is 0.404 e. The summed E-state index contributed by atoms with van der Waals surface area (Å²) >= 11 is 0. The van der Waals surface area contributed by atoms with Gasteiger partial charge in [0.15, 0.2) is 5.41 Å². The normalized spacial score (nSPS) is 26.3. The van der Waals surface area contributed by atoms with Crippen LogP contribution in [0.15, 0.2) is 0 Å². The summed E-state index contributed by atoms with van der Waals surface area (Å²) in [7, 11) is 0. The van der Waals surface area contributed by atoms with Crippen LogP contribution in [-0.4, -0.2) is 37.4 Å². The quantitative estimate of drug-likeness (QED) is 0.781. The van der Waals surface area contributed by atoms with E-state index in [4.69, 9.17) is 0 Å². The molecule has 0 spiro atoms. The highest BCUT2D eigenvalue weighted by molar-refractivity contribution is 5.84. The molecule has 0 aromatic rings. The van der Waals surface area contributed by atoms with Gasteiger partial charge in [0.25, 0.3) is 0 Å². The molecule has 2 N–H and O–H groups in total. The summed E-state index contributed by atoms with van der Waals surface area (Å²) in [5.74, 6) is -1.40. The van der Waals surface area contributed by atoms with Crippen LogP contribution < -0.4 is 10.6 Å². The lowest BCUT2D eigenvalue weighted by atomic mass is 9.85. The number of alkyl halides is 6. The first kappa shape index (κ1) is 16.1. The molecule has 0 aromatic heterocycles. The summed E-state index contributed by atoms with van der Waals surface area (Å²) in [5, 5.41) is 4.23. The van der Waals surface area contributed by atoms with Gasteiger partial charge in [0.05, 0.1) is 6.42 Å². The SMILES string of the molecule is CC(CC(F)(F)F)NC(=O)C1(C(F)(F)F)CCNC1. The van der Waals surface area contributed by atoms with E-state index in [1.165, 1.54) is 0 Å². The number of carbonyl (C=O) groups is 1. The van der Waals surface area contributed by atoms with Crippen molar-refractivity contribution in [1.29, 1.82) is 0 Å². The molecule has 0 aliphatic carbocycles. The minimum atomic E-state index is -4.79. The fourth-order valence-electron chi connectivity index (χ4n) is 2.02. The van der Waals surface area contributed by atoms with E-state index in [-0.39, 0.29) is 6.54 Å². The Labute approximate surface area is 105 Å². The number of hydrogen-bond acceptors (Lipinski definition) is 2. The van der Waals surface area contributed by atoms with Gasteiger partial charge in [-0.15, -0.1) is 0 Å². The standard InChI is InChI=1S/C10H14F6N2O/c1-6(4-9(11,12)13)18-7(19)8(10(14,15)16)2-3-17-5-8/h6,17H,2-5H2,1H3,(H,18,19). The molecular formula is C10H14F6N2O. The Bertz CT molecular complexity index is 332. The van der Waals surface area contributed by atoms with Gasteiger partial charge in [-0.25, -0.2) is 0 Å². The van der Waals surface area contributed by atoms with Gasteiger partial charge in [-0.05, 0) is 19.9 Å². The van der Waals surface area contributed by atoms with Crippen molar-refractivity contribution in [1.82, 2.24) is 10.6 Å². The van der Waals surface area contributed by atoms with Crippen LogP contribution in [0.5, 0.6) is 0 Å². The molecule has 1 amide bonds. The van der Waals surface area contributed by atoms with E-state index in [0.29, 0.717) is 0 Å². The fourth-order valence-corrected chi connectivity index (χ4v) is 2.02. The number of halogens is 6. The predicted octanol–water partition coefficient (Wildman–Crippen LogP) is 1.99. The van der Waals surface area contributed by atoms with Crippen LogP contribution in [0, 0.1) is 5.41 Å². The van der Waals surface area contributed by atoms with Crippen molar-refractivity contribution >= 4 is 5.91 Å². The second-order valence-electron chi connectivity index (χ2n) is 4.70. The van der Waals surface area contributed by atoms with Crippen LogP contribution in [0.4, 0.5) is 26.3 Å². The van der Waals surface area contributed by atoms with Crippen LogP contribution in [-0.2, 0) is 4.79 Å². The van der Waals surface area contributed by atoms with E-state index >= 15 is 0 Å². The molecule has 0 bridgehead atoms. The minimum Gasteiger partial charge on any atom is -0.352 e. The molecule has 3 nitrogen and oxygen atoms in total. The van der Waals surface area contributed by atoms with Crippen molar-refractivity contribution in [3.05, 3.63) is 0 Å². The van der Waals surface area contributed by atoms with Crippen LogP contribution in [0.2, 0.25) is 0 Å². The first-order valence-electron chi connectivity index (χ1n) is 5.63. The van der Waals surface area contributed by atoms with Gasteiger partial charge in [0.2, 0.25) is 5.91 Å². The number of rotatable bonds is 3. The maximum absolute atomic E-state index is 12.9. The van der Waals surface area contributed by atoms with Gasteiger partial charge in [-0.1, -0.05) is 0 Å². The Morgan fingerprint density at radius 2 is 1.89 bits per heavy atom. The molecule has 1 saturated heterocycles. The molecule has 0 aromatic carbocycles. The van der Waals surface area contributed by atoms with Crippen molar-refractivity contribution < 1.29 is 31.1 Å². The zero-order valence-corrected chi connectivity index (χ0v) is 10.1. The Morgan fingerprint density at radius 1 is 1.32 bits per heavy atom. The molecule has 112 valence electrons. The van der Waals surface area contributed by atoms with Crippen molar-refractivity contribution in [2.45, 2.75) is 38.2 Å². The lowest BCUT2D eigenvalue weighted by Crippen LogP contribution is -2.54. The third-order valence-electron chi connectivity index (χ3n) is 3.05. The Hall–Kier alpha value is -0.990. The van der Waals surface area contributed by atoms with E-state index < -0.39 is 49.1 Å². The molecule has 0 saturated carbocycles. The molecular weight excluding hydrogens is 278 g/mol. The van der Waals surface area contributed by atoms with Gasteiger partial charge in [0, 0.05) is 12.6 Å². The molecule has 9 heteroatoms. The maximum atomic E-state index is 12.9. The van der Waals surface area contributed by atoms with Crippen molar-refractivity contribution in [2.24, 2.45) is 5.41 Å². The molecule has 19 heavy (non-hydrogen) atoms. The zero-order valence-electron chi connectivity index (χ0n) is 10.1. The summed E-state index contributed by atoms with van der Waals surface area (Å²) in [5.41, 5.74) is -2.63. The average Bonchev–Trinajstić information content (AvgIpc) is 2.61. The van der Waals surface area contributed by atoms with Crippen LogP contribution >= 0.6 is 0 Å². The van der Waals surface area contributed by atoms with Crippen molar-refractivity contribution in [3.8, 4) is 0 Å². The third kappa shape index (κ3) is 3.74. The van der Waals surface area contributed by atoms with E-state index in [1.807, 2.05) is 0 Å². The lowest BCUT2D eigenvalue weighted by Gasteiger charge is -2.31. The van der Waals surface area contributed by atoms with Gasteiger partial charge in [-0.2, -0.15) is 26.3 Å². The second-order valence-corrected chi connectivity index (χ2v) is 4.70. The van der Waals surface area contributed by atoms with E-state index in [9.17, 15) is 31.1 Å². The summed E-state index contributed by atoms with van der Waals surface area (Å²) in [6.07, 6.45) is -11.2. The Morgan fingerprint density at radius 3 is 2.26 bits per heavy atom. The first-order chi connectivity index (χ1) is 8.48. The average molecular weight is 292 g/mol. The molecule has 2 atom stereocenters. The van der Waals surface area contributed by atoms with Gasteiger partial charge < -0.3 is 10.6 Å². The molecule has 1 fully saturated rings. The smallest absolute Gasteiger partial charge is 0.352 e. The van der Waals surface area contributed by atoms with Crippen molar-refractivity contribution in [2.75, 3.05) is 13.1 Å².